The predicted octanol–water partition coefficient (Wildman–Crippen LogP) is 3.34. The molecule has 0 spiro atoms. The van der Waals surface area contributed by atoms with Gasteiger partial charge in [-0.3, -0.25) is 9.69 Å². The van der Waals surface area contributed by atoms with Crippen molar-refractivity contribution in [3.63, 3.8) is 0 Å². The Hall–Kier alpha value is -1.09. The lowest BCUT2D eigenvalue weighted by atomic mass is 10.1. The van der Waals surface area contributed by atoms with Gasteiger partial charge in [-0.15, -0.1) is 23.7 Å². The van der Waals surface area contributed by atoms with E-state index in [4.69, 9.17) is 0 Å². The first-order chi connectivity index (χ1) is 10.3. The zero-order valence-corrected chi connectivity index (χ0v) is 14.3. The molecule has 2 aliphatic rings. The molecule has 0 atom stereocenters. The number of nitrogens with one attached hydrogen (secondary N) is 1. The Balaban J connectivity index is 0.00000176. The van der Waals surface area contributed by atoms with Crippen molar-refractivity contribution in [2.45, 2.75) is 44.9 Å². The van der Waals surface area contributed by atoms with Gasteiger partial charge in [0.05, 0.1) is 12.1 Å². The van der Waals surface area contributed by atoms with E-state index in [0.29, 0.717) is 12.1 Å². The molecule has 120 valence electrons. The van der Waals surface area contributed by atoms with Gasteiger partial charge in [0, 0.05) is 4.88 Å². The molecule has 1 N–H and O–H groups in total. The van der Waals surface area contributed by atoms with Crippen molar-refractivity contribution >= 4 is 34.7 Å². The Bertz CT molecular complexity index is 571. The summed E-state index contributed by atoms with van der Waals surface area (Å²) in [6, 6.07) is 2.28. The van der Waals surface area contributed by atoms with Crippen molar-refractivity contribution in [1.82, 2.24) is 4.90 Å². The summed E-state index contributed by atoms with van der Waals surface area (Å²) in [5.41, 5.74) is 1.88. The summed E-state index contributed by atoms with van der Waals surface area (Å²) in [5, 5.41) is 13.1. The molecule has 0 radical (unpaired) electrons. The molecule has 2 heterocycles. The molecule has 1 aromatic rings. The summed E-state index contributed by atoms with van der Waals surface area (Å²) in [6.07, 6.45) is 8.09. The van der Waals surface area contributed by atoms with E-state index in [0.717, 1.165) is 37.4 Å². The minimum Gasteiger partial charge on any atom is -0.315 e. The highest BCUT2D eigenvalue weighted by Crippen LogP contribution is 2.38. The number of halogens is 1. The van der Waals surface area contributed by atoms with Gasteiger partial charge in [0.15, 0.2) is 0 Å². The highest BCUT2D eigenvalue weighted by molar-refractivity contribution is 7.16. The van der Waals surface area contributed by atoms with E-state index in [9.17, 15) is 10.1 Å². The molecule has 22 heavy (non-hydrogen) atoms. The molecule has 1 aliphatic heterocycles. The molecule has 3 rings (SSSR count). The number of thiophene rings is 1. The quantitative estimate of drug-likeness (QED) is 0.918. The monoisotopic (exact) mass is 339 g/mol. The van der Waals surface area contributed by atoms with Crippen LogP contribution in [0.5, 0.6) is 0 Å². The molecule has 1 amide bonds. The summed E-state index contributed by atoms with van der Waals surface area (Å²) < 4.78 is 0. The number of nitrogens with zero attached hydrogens (tertiary/aromatic N) is 2. The molecular weight excluding hydrogens is 318 g/mol. The Morgan fingerprint density at radius 3 is 2.59 bits per heavy atom. The van der Waals surface area contributed by atoms with Crippen molar-refractivity contribution in [2.24, 2.45) is 0 Å². The molecule has 0 aromatic carbocycles. The number of hydrogen-bond donors (Lipinski definition) is 1. The zero-order valence-electron chi connectivity index (χ0n) is 12.7. The fraction of sp³-hybridized carbons (Fsp3) is 0.625. The smallest absolute Gasteiger partial charge is 0.239 e. The summed E-state index contributed by atoms with van der Waals surface area (Å²) in [5.74, 6) is 0.0216. The maximum Gasteiger partial charge on any atom is 0.239 e. The third-order valence-corrected chi connectivity index (χ3v) is 5.56. The van der Waals surface area contributed by atoms with E-state index in [2.05, 4.69) is 16.3 Å². The zero-order chi connectivity index (χ0) is 14.7. The lowest BCUT2D eigenvalue weighted by Crippen LogP contribution is -2.33. The molecule has 1 aliphatic carbocycles. The van der Waals surface area contributed by atoms with Crippen molar-refractivity contribution in [3.05, 3.63) is 16.0 Å². The first-order valence-electron chi connectivity index (χ1n) is 7.85. The first kappa shape index (κ1) is 17.3. The fourth-order valence-electron chi connectivity index (χ4n) is 3.27. The number of anilines is 1. The van der Waals surface area contributed by atoms with Gasteiger partial charge in [-0.1, -0.05) is 12.8 Å². The second kappa shape index (κ2) is 7.96. The summed E-state index contributed by atoms with van der Waals surface area (Å²) in [7, 11) is 0. The number of nitriles is 1. The van der Waals surface area contributed by atoms with Gasteiger partial charge in [0.25, 0.3) is 0 Å². The topological polar surface area (TPSA) is 56.1 Å². The second-order valence-corrected chi connectivity index (χ2v) is 7.02. The normalized spacial score (nSPS) is 18.0. The van der Waals surface area contributed by atoms with Crippen LogP contribution < -0.4 is 5.32 Å². The average Bonchev–Trinajstić information content (AvgIpc) is 2.92. The van der Waals surface area contributed by atoms with Crippen LogP contribution in [0.3, 0.4) is 0 Å². The number of amides is 1. The Morgan fingerprint density at radius 1 is 1.18 bits per heavy atom. The van der Waals surface area contributed by atoms with Crippen LogP contribution in [0, 0.1) is 11.3 Å². The van der Waals surface area contributed by atoms with Gasteiger partial charge < -0.3 is 5.32 Å². The molecule has 1 aromatic heterocycles. The lowest BCUT2D eigenvalue weighted by Gasteiger charge is -2.18. The number of hydrogen-bond acceptors (Lipinski definition) is 4. The highest BCUT2D eigenvalue weighted by atomic mass is 35.5. The molecule has 1 fully saturated rings. The number of aryl methyl sites for hydroxylation is 1. The molecule has 6 heteroatoms. The van der Waals surface area contributed by atoms with Crippen LogP contribution in [-0.2, 0) is 17.6 Å². The Kier molecular flexibility index (Phi) is 6.25. The Labute approximate surface area is 141 Å². The van der Waals surface area contributed by atoms with Gasteiger partial charge >= 0.3 is 0 Å². The number of fused-ring (bicyclic) bond motifs is 1. The SMILES string of the molecule is Cl.N#Cc1c(NC(=O)CN2CCCCCC2)sc2c1CCC2. The molecule has 0 saturated carbocycles. The van der Waals surface area contributed by atoms with E-state index >= 15 is 0 Å². The fourth-order valence-corrected chi connectivity index (χ4v) is 4.53. The lowest BCUT2D eigenvalue weighted by molar-refractivity contribution is -0.117. The van der Waals surface area contributed by atoms with Crippen LogP contribution >= 0.6 is 23.7 Å². The molecular formula is C16H22ClN3OS. The summed E-state index contributed by atoms with van der Waals surface area (Å²) >= 11 is 1.59. The van der Waals surface area contributed by atoms with Crippen molar-refractivity contribution in [1.29, 1.82) is 5.26 Å². The van der Waals surface area contributed by atoms with Crippen LogP contribution in [0.2, 0.25) is 0 Å². The van der Waals surface area contributed by atoms with Gasteiger partial charge in [-0.25, -0.2) is 0 Å². The van der Waals surface area contributed by atoms with Crippen molar-refractivity contribution in [2.75, 3.05) is 25.0 Å². The maximum atomic E-state index is 12.2. The largest absolute Gasteiger partial charge is 0.315 e. The number of likely N-dealkylation sites (tertiary alicyclic amines) is 1. The van der Waals surface area contributed by atoms with Crippen molar-refractivity contribution in [3.8, 4) is 6.07 Å². The van der Waals surface area contributed by atoms with E-state index in [-0.39, 0.29) is 18.3 Å². The van der Waals surface area contributed by atoms with Gasteiger partial charge in [-0.2, -0.15) is 5.26 Å². The van der Waals surface area contributed by atoms with Crippen molar-refractivity contribution < 1.29 is 4.79 Å². The maximum absolute atomic E-state index is 12.2. The minimum atomic E-state index is 0. The second-order valence-electron chi connectivity index (χ2n) is 5.91. The number of carbonyl (C=O) groups excluding carboxylic acids is 1. The third kappa shape index (κ3) is 3.81. The molecule has 0 unspecified atom stereocenters. The van der Waals surface area contributed by atoms with Gasteiger partial charge in [0.1, 0.15) is 11.1 Å². The summed E-state index contributed by atoms with van der Waals surface area (Å²) in [4.78, 5) is 15.8. The van der Waals surface area contributed by atoms with Crippen LogP contribution in [-0.4, -0.2) is 30.4 Å². The predicted molar refractivity (Wildman–Crippen MR) is 91.8 cm³/mol. The first-order valence-corrected chi connectivity index (χ1v) is 8.66. The van der Waals surface area contributed by atoms with Crippen LogP contribution in [0.4, 0.5) is 5.00 Å². The highest BCUT2D eigenvalue weighted by Gasteiger charge is 2.23. The molecule has 4 nitrogen and oxygen atoms in total. The average molecular weight is 340 g/mol. The molecule has 0 bridgehead atoms. The standard InChI is InChI=1S/C16H21N3OS.ClH/c17-10-13-12-6-5-7-14(12)21-16(13)18-15(20)11-19-8-3-1-2-4-9-19;/h1-9,11H2,(H,18,20);1H. The summed E-state index contributed by atoms with van der Waals surface area (Å²) in [6.45, 7) is 2.48. The molecule has 1 saturated heterocycles. The third-order valence-electron chi connectivity index (χ3n) is 4.35. The van der Waals surface area contributed by atoms with E-state index in [1.54, 1.807) is 11.3 Å². The minimum absolute atomic E-state index is 0. The van der Waals surface area contributed by atoms with Gasteiger partial charge in [-0.05, 0) is 50.8 Å². The van der Waals surface area contributed by atoms with Crippen LogP contribution in [0.25, 0.3) is 0 Å². The van der Waals surface area contributed by atoms with E-state index in [1.165, 1.54) is 36.1 Å². The van der Waals surface area contributed by atoms with Crippen LogP contribution in [0.15, 0.2) is 0 Å². The van der Waals surface area contributed by atoms with Crippen LogP contribution in [0.1, 0.15) is 48.1 Å². The van der Waals surface area contributed by atoms with Gasteiger partial charge in [0.2, 0.25) is 5.91 Å². The van der Waals surface area contributed by atoms with E-state index < -0.39 is 0 Å². The Morgan fingerprint density at radius 2 is 1.91 bits per heavy atom. The van der Waals surface area contributed by atoms with E-state index in [1.807, 2.05) is 0 Å². The number of rotatable bonds is 3. The number of carbonyl (C=O) groups is 1.